The van der Waals surface area contributed by atoms with Crippen LogP contribution < -0.4 is 5.56 Å². The number of aromatic nitrogens is 2. The summed E-state index contributed by atoms with van der Waals surface area (Å²) in [5.41, 5.74) is -5.36. The molecule has 0 aliphatic heterocycles. The van der Waals surface area contributed by atoms with Crippen LogP contribution in [0.5, 0.6) is 5.75 Å². The summed E-state index contributed by atoms with van der Waals surface area (Å²) in [6, 6.07) is 4.18. The predicted molar refractivity (Wildman–Crippen MR) is 114 cm³/mol. The molecular weight excluding hydrogens is 501 g/mol. The quantitative estimate of drug-likeness (QED) is 0.499. The molecule has 11 heteroatoms. The Kier molecular flexibility index (Phi) is 5.50. The molecule has 2 aromatic carbocycles. The predicted octanol–water partition coefficient (Wildman–Crippen LogP) is 4.96. The second-order valence-corrected chi connectivity index (χ2v) is 10.8. The molecule has 0 unspecified atom stereocenters. The first-order valence-corrected chi connectivity index (χ1v) is 11.2. The van der Waals surface area contributed by atoms with Crippen LogP contribution in [0.1, 0.15) is 31.9 Å². The van der Waals surface area contributed by atoms with Crippen molar-refractivity contribution in [2.75, 3.05) is 0 Å². The topological polar surface area (TPSA) is 100 Å². The Morgan fingerprint density at radius 2 is 1.74 bits per heavy atom. The lowest BCUT2D eigenvalue weighted by Gasteiger charge is -2.24. The van der Waals surface area contributed by atoms with Crippen molar-refractivity contribution in [2.24, 2.45) is 0 Å². The number of phenols is 1. The minimum atomic E-state index is -5.61. The minimum absolute atomic E-state index is 0.00530. The summed E-state index contributed by atoms with van der Waals surface area (Å²) >= 11 is 3.43. The maximum Gasteiger partial charge on any atom is 0.501 e. The van der Waals surface area contributed by atoms with Gasteiger partial charge in [0.2, 0.25) is 0 Å². The van der Waals surface area contributed by atoms with Crippen LogP contribution in [0.2, 0.25) is 0 Å². The molecule has 0 saturated carbocycles. The molecule has 31 heavy (non-hydrogen) atoms. The summed E-state index contributed by atoms with van der Waals surface area (Å²) in [7, 11) is -5.61. The summed E-state index contributed by atoms with van der Waals surface area (Å²) in [6.45, 7) is 7.39. The van der Waals surface area contributed by atoms with E-state index < -0.39 is 31.2 Å². The van der Waals surface area contributed by atoms with Gasteiger partial charge in [-0.2, -0.15) is 13.2 Å². The van der Waals surface area contributed by atoms with E-state index in [2.05, 4.69) is 25.9 Å². The van der Waals surface area contributed by atoms with Gasteiger partial charge < -0.3 is 10.1 Å². The monoisotopic (exact) mass is 518 g/mol. The van der Waals surface area contributed by atoms with Crippen molar-refractivity contribution >= 4 is 36.7 Å². The molecule has 3 aromatic rings. The van der Waals surface area contributed by atoms with Crippen LogP contribution in [0.15, 0.2) is 38.4 Å². The van der Waals surface area contributed by atoms with Gasteiger partial charge in [-0.3, -0.25) is 4.79 Å². The highest BCUT2D eigenvalue weighted by atomic mass is 79.9. The molecule has 0 aliphatic rings. The van der Waals surface area contributed by atoms with Crippen molar-refractivity contribution in [2.45, 2.75) is 43.5 Å². The van der Waals surface area contributed by atoms with Gasteiger partial charge in [0.05, 0.1) is 21.4 Å². The normalized spacial score (nSPS) is 13.0. The molecule has 0 atom stereocenters. The summed E-state index contributed by atoms with van der Waals surface area (Å²) in [6.07, 6.45) is 0. The number of alkyl halides is 3. The van der Waals surface area contributed by atoms with E-state index in [1.807, 2.05) is 20.8 Å². The Bertz CT molecular complexity index is 1370. The van der Waals surface area contributed by atoms with Gasteiger partial charge in [-0.25, -0.2) is 13.4 Å². The molecule has 6 nitrogen and oxygen atoms in total. The first kappa shape index (κ1) is 23.3. The SMILES string of the molecule is Cc1c(Br)cc(C(C)(C)C)c(O)c1-c1nc2ccc(S(=O)(=O)C(F)(F)F)cc2c(=O)[nH]1. The van der Waals surface area contributed by atoms with Gasteiger partial charge in [-0.1, -0.05) is 36.7 Å². The van der Waals surface area contributed by atoms with E-state index in [4.69, 9.17) is 0 Å². The number of phenolic OH excluding ortho intramolecular Hbond substituents is 1. The molecule has 0 bridgehead atoms. The molecule has 166 valence electrons. The Morgan fingerprint density at radius 1 is 1.13 bits per heavy atom. The third-order valence-electron chi connectivity index (χ3n) is 4.83. The minimum Gasteiger partial charge on any atom is -0.507 e. The number of nitrogens with zero attached hydrogens (tertiary/aromatic N) is 1. The van der Waals surface area contributed by atoms with Gasteiger partial charge in [-0.05, 0) is 42.2 Å². The second-order valence-electron chi connectivity index (χ2n) is 8.05. The number of halogens is 4. The largest absolute Gasteiger partial charge is 0.507 e. The second kappa shape index (κ2) is 7.33. The lowest BCUT2D eigenvalue weighted by atomic mass is 9.84. The fourth-order valence-electron chi connectivity index (χ4n) is 3.13. The van der Waals surface area contributed by atoms with Crippen molar-refractivity contribution in [3.8, 4) is 17.1 Å². The maximum atomic E-state index is 12.8. The van der Waals surface area contributed by atoms with Gasteiger partial charge in [0, 0.05) is 10.0 Å². The van der Waals surface area contributed by atoms with E-state index in [1.54, 1.807) is 13.0 Å². The zero-order valence-electron chi connectivity index (χ0n) is 16.8. The average molecular weight is 519 g/mol. The van der Waals surface area contributed by atoms with Crippen molar-refractivity contribution in [3.63, 3.8) is 0 Å². The first-order valence-electron chi connectivity index (χ1n) is 8.94. The van der Waals surface area contributed by atoms with Crippen molar-refractivity contribution in [1.82, 2.24) is 9.97 Å². The Balaban J connectivity index is 2.30. The fraction of sp³-hybridized carbons (Fsp3) is 0.300. The van der Waals surface area contributed by atoms with E-state index in [1.165, 1.54) is 0 Å². The average Bonchev–Trinajstić information content (AvgIpc) is 2.62. The van der Waals surface area contributed by atoms with Crippen LogP contribution in [0.4, 0.5) is 13.2 Å². The Labute approximate surface area is 184 Å². The molecule has 0 amide bonds. The van der Waals surface area contributed by atoms with E-state index in [-0.39, 0.29) is 28.0 Å². The fourth-order valence-corrected chi connectivity index (χ4v) is 4.35. The summed E-state index contributed by atoms with van der Waals surface area (Å²) in [5.74, 6) is -0.0855. The Hall–Kier alpha value is -2.40. The number of H-pyrrole nitrogens is 1. The van der Waals surface area contributed by atoms with Gasteiger partial charge in [-0.15, -0.1) is 0 Å². The van der Waals surface area contributed by atoms with Gasteiger partial charge in [0.15, 0.2) is 0 Å². The molecule has 0 saturated heterocycles. The molecular formula is C20H18BrF3N2O4S. The highest BCUT2D eigenvalue weighted by molar-refractivity contribution is 9.10. The zero-order chi connectivity index (χ0) is 23.5. The number of aromatic hydroxyl groups is 1. The number of benzene rings is 2. The molecule has 0 aliphatic carbocycles. The van der Waals surface area contributed by atoms with Crippen LogP contribution >= 0.6 is 15.9 Å². The lowest BCUT2D eigenvalue weighted by Crippen LogP contribution is -2.23. The smallest absolute Gasteiger partial charge is 0.501 e. The third kappa shape index (κ3) is 3.96. The van der Waals surface area contributed by atoms with Crippen LogP contribution in [0, 0.1) is 6.92 Å². The number of hydrogen-bond donors (Lipinski definition) is 2. The van der Waals surface area contributed by atoms with E-state index in [9.17, 15) is 31.5 Å². The maximum absolute atomic E-state index is 12.8. The number of sulfone groups is 1. The van der Waals surface area contributed by atoms with E-state index >= 15 is 0 Å². The van der Waals surface area contributed by atoms with Crippen LogP contribution in [-0.4, -0.2) is 29.0 Å². The molecule has 3 rings (SSSR count). The molecule has 1 aromatic heterocycles. The highest BCUT2D eigenvalue weighted by Gasteiger charge is 2.47. The number of hydrogen-bond acceptors (Lipinski definition) is 5. The first-order chi connectivity index (χ1) is 14.1. The standard InChI is InChI=1S/C20H18BrF3N2O4S/c1-9-13(21)8-12(19(2,3)4)16(27)15(9)17-25-14-6-5-10(7-11(14)18(28)26-17)31(29,30)20(22,23)24/h5-8,27H,1-4H3,(H,25,26,28). The van der Waals surface area contributed by atoms with Crippen molar-refractivity contribution in [1.29, 1.82) is 0 Å². The van der Waals surface area contributed by atoms with Crippen LogP contribution in [-0.2, 0) is 15.3 Å². The van der Waals surface area contributed by atoms with E-state index in [0.29, 0.717) is 21.7 Å². The third-order valence-corrected chi connectivity index (χ3v) is 7.14. The number of nitrogens with one attached hydrogen (secondary N) is 1. The van der Waals surface area contributed by atoms with Gasteiger partial charge in [0.1, 0.15) is 11.6 Å². The molecule has 1 heterocycles. The van der Waals surface area contributed by atoms with Gasteiger partial charge in [0.25, 0.3) is 15.4 Å². The molecule has 0 radical (unpaired) electrons. The van der Waals surface area contributed by atoms with Crippen molar-refractivity contribution in [3.05, 3.63) is 50.2 Å². The molecule has 2 N–H and O–H groups in total. The van der Waals surface area contributed by atoms with Crippen LogP contribution in [0.25, 0.3) is 22.3 Å². The van der Waals surface area contributed by atoms with E-state index in [0.717, 1.165) is 12.1 Å². The number of fused-ring (bicyclic) bond motifs is 1. The number of rotatable bonds is 2. The highest BCUT2D eigenvalue weighted by Crippen LogP contribution is 2.42. The summed E-state index contributed by atoms with van der Waals surface area (Å²) in [5, 5.41) is 10.6. The van der Waals surface area contributed by atoms with Gasteiger partial charge >= 0.3 is 5.51 Å². The lowest BCUT2D eigenvalue weighted by molar-refractivity contribution is -0.0435. The molecule has 0 spiro atoms. The number of aromatic amines is 1. The summed E-state index contributed by atoms with van der Waals surface area (Å²) < 4.78 is 62.5. The van der Waals surface area contributed by atoms with Crippen molar-refractivity contribution < 1.29 is 26.7 Å². The zero-order valence-corrected chi connectivity index (χ0v) is 19.3. The Morgan fingerprint density at radius 3 is 2.29 bits per heavy atom. The van der Waals surface area contributed by atoms with Crippen LogP contribution in [0.3, 0.4) is 0 Å². The summed E-state index contributed by atoms with van der Waals surface area (Å²) in [4.78, 5) is 18.3. The molecule has 0 fully saturated rings.